The summed E-state index contributed by atoms with van der Waals surface area (Å²) in [5, 5.41) is 0. The van der Waals surface area contributed by atoms with E-state index in [0.717, 1.165) is 32.5 Å². The van der Waals surface area contributed by atoms with Crippen molar-refractivity contribution in [3.05, 3.63) is 0 Å². The van der Waals surface area contributed by atoms with E-state index in [1.165, 1.54) is 0 Å². The molecule has 0 aliphatic heterocycles. The Morgan fingerprint density at radius 3 is 2.25 bits per heavy atom. The number of hydrogen-bond donors (Lipinski definition) is 0. The SMILES string of the molecule is CCOCCCCCOCC(=O)OC(C)C. The van der Waals surface area contributed by atoms with Gasteiger partial charge in [0.25, 0.3) is 0 Å². The summed E-state index contributed by atoms with van der Waals surface area (Å²) in [6, 6.07) is 0. The van der Waals surface area contributed by atoms with E-state index in [2.05, 4.69) is 0 Å². The van der Waals surface area contributed by atoms with Crippen molar-refractivity contribution in [1.29, 1.82) is 0 Å². The second-order valence-electron chi connectivity index (χ2n) is 3.85. The molecule has 0 saturated heterocycles. The van der Waals surface area contributed by atoms with Crippen LogP contribution in [0.3, 0.4) is 0 Å². The van der Waals surface area contributed by atoms with Crippen molar-refractivity contribution in [1.82, 2.24) is 0 Å². The highest BCUT2D eigenvalue weighted by Gasteiger charge is 2.04. The Hall–Kier alpha value is -0.610. The van der Waals surface area contributed by atoms with Gasteiger partial charge in [-0.2, -0.15) is 0 Å². The summed E-state index contributed by atoms with van der Waals surface area (Å²) in [6.45, 7) is 7.90. The fourth-order valence-electron chi connectivity index (χ4n) is 1.18. The average molecular weight is 232 g/mol. The molecule has 0 saturated carbocycles. The molecule has 0 aromatic carbocycles. The van der Waals surface area contributed by atoms with Crippen LogP contribution in [-0.2, 0) is 19.0 Å². The molecule has 0 bridgehead atoms. The Balaban J connectivity index is 3.11. The van der Waals surface area contributed by atoms with Crippen LogP contribution in [0.2, 0.25) is 0 Å². The first-order valence-electron chi connectivity index (χ1n) is 6.01. The fourth-order valence-corrected chi connectivity index (χ4v) is 1.18. The molecule has 0 rings (SSSR count). The Kier molecular flexibility index (Phi) is 10.5. The molecular weight excluding hydrogens is 208 g/mol. The standard InChI is InChI=1S/C12H24O4/c1-4-14-8-6-5-7-9-15-10-12(13)16-11(2)3/h11H,4-10H2,1-3H3. The number of esters is 1. The second-order valence-corrected chi connectivity index (χ2v) is 3.85. The third kappa shape index (κ3) is 11.5. The lowest BCUT2D eigenvalue weighted by Gasteiger charge is -2.08. The number of rotatable bonds is 10. The molecule has 0 spiro atoms. The maximum Gasteiger partial charge on any atom is 0.332 e. The van der Waals surface area contributed by atoms with E-state index in [1.807, 2.05) is 20.8 Å². The Morgan fingerprint density at radius 2 is 1.69 bits per heavy atom. The van der Waals surface area contributed by atoms with E-state index in [0.29, 0.717) is 6.61 Å². The fraction of sp³-hybridized carbons (Fsp3) is 0.917. The summed E-state index contributed by atoms with van der Waals surface area (Å²) < 4.78 is 15.3. The predicted octanol–water partition coefficient (Wildman–Crippen LogP) is 2.16. The molecule has 0 amide bonds. The monoisotopic (exact) mass is 232 g/mol. The average Bonchev–Trinajstić information content (AvgIpc) is 2.21. The quantitative estimate of drug-likeness (QED) is 0.428. The van der Waals surface area contributed by atoms with Gasteiger partial charge < -0.3 is 14.2 Å². The first-order chi connectivity index (χ1) is 7.66. The Bertz CT molecular complexity index is 168. The Labute approximate surface area is 98.3 Å². The molecule has 0 unspecified atom stereocenters. The van der Waals surface area contributed by atoms with Crippen molar-refractivity contribution in [3.63, 3.8) is 0 Å². The molecule has 96 valence electrons. The Morgan fingerprint density at radius 1 is 1.06 bits per heavy atom. The van der Waals surface area contributed by atoms with Crippen molar-refractivity contribution in [2.45, 2.75) is 46.1 Å². The minimum absolute atomic E-state index is 0.0592. The number of carbonyl (C=O) groups excluding carboxylic acids is 1. The van der Waals surface area contributed by atoms with Crippen LogP contribution in [0.25, 0.3) is 0 Å². The summed E-state index contributed by atoms with van der Waals surface area (Å²) in [7, 11) is 0. The van der Waals surface area contributed by atoms with Gasteiger partial charge >= 0.3 is 5.97 Å². The van der Waals surface area contributed by atoms with Gasteiger partial charge in [-0.05, 0) is 40.0 Å². The zero-order chi connectivity index (χ0) is 12.2. The number of unbranched alkanes of at least 4 members (excludes halogenated alkanes) is 2. The zero-order valence-corrected chi connectivity index (χ0v) is 10.7. The normalized spacial score (nSPS) is 10.8. The van der Waals surface area contributed by atoms with Gasteiger partial charge in [0.15, 0.2) is 0 Å². The van der Waals surface area contributed by atoms with E-state index in [9.17, 15) is 4.79 Å². The summed E-state index contributed by atoms with van der Waals surface area (Å²) in [5.41, 5.74) is 0. The van der Waals surface area contributed by atoms with E-state index < -0.39 is 0 Å². The van der Waals surface area contributed by atoms with Gasteiger partial charge in [-0.1, -0.05) is 0 Å². The smallest absolute Gasteiger partial charge is 0.332 e. The van der Waals surface area contributed by atoms with Crippen LogP contribution in [0.5, 0.6) is 0 Å². The van der Waals surface area contributed by atoms with Crippen LogP contribution >= 0.6 is 0 Å². The lowest BCUT2D eigenvalue weighted by Crippen LogP contribution is -2.17. The van der Waals surface area contributed by atoms with Crippen molar-refractivity contribution < 1.29 is 19.0 Å². The molecule has 0 N–H and O–H groups in total. The van der Waals surface area contributed by atoms with Crippen LogP contribution < -0.4 is 0 Å². The first-order valence-corrected chi connectivity index (χ1v) is 6.01. The molecule has 4 heteroatoms. The van der Waals surface area contributed by atoms with E-state index >= 15 is 0 Å². The van der Waals surface area contributed by atoms with Crippen LogP contribution in [0, 0.1) is 0 Å². The third-order valence-electron chi connectivity index (χ3n) is 1.87. The van der Waals surface area contributed by atoms with E-state index in [1.54, 1.807) is 0 Å². The van der Waals surface area contributed by atoms with Gasteiger partial charge in [0.05, 0.1) is 6.10 Å². The highest BCUT2D eigenvalue weighted by Crippen LogP contribution is 1.97. The van der Waals surface area contributed by atoms with Gasteiger partial charge in [-0.25, -0.2) is 4.79 Å². The molecule has 0 heterocycles. The van der Waals surface area contributed by atoms with Gasteiger partial charge in [-0.15, -0.1) is 0 Å². The molecule has 0 aliphatic rings. The maximum atomic E-state index is 11.1. The molecule has 0 fully saturated rings. The lowest BCUT2D eigenvalue weighted by atomic mass is 10.2. The van der Waals surface area contributed by atoms with Gasteiger partial charge in [-0.3, -0.25) is 0 Å². The topological polar surface area (TPSA) is 44.8 Å². The predicted molar refractivity (Wildman–Crippen MR) is 62.4 cm³/mol. The van der Waals surface area contributed by atoms with Gasteiger partial charge in [0.2, 0.25) is 0 Å². The largest absolute Gasteiger partial charge is 0.461 e. The molecule has 0 aliphatic carbocycles. The van der Waals surface area contributed by atoms with Crippen LogP contribution in [-0.4, -0.2) is 38.5 Å². The maximum absolute atomic E-state index is 11.1. The second kappa shape index (κ2) is 10.9. The highest BCUT2D eigenvalue weighted by atomic mass is 16.6. The third-order valence-corrected chi connectivity index (χ3v) is 1.87. The summed E-state index contributed by atoms with van der Waals surface area (Å²) in [4.78, 5) is 11.1. The minimum atomic E-state index is -0.288. The molecule has 16 heavy (non-hydrogen) atoms. The first kappa shape index (κ1) is 15.4. The minimum Gasteiger partial charge on any atom is -0.461 e. The number of carbonyl (C=O) groups is 1. The molecular formula is C12H24O4. The van der Waals surface area contributed by atoms with E-state index in [4.69, 9.17) is 14.2 Å². The van der Waals surface area contributed by atoms with E-state index in [-0.39, 0.29) is 18.7 Å². The van der Waals surface area contributed by atoms with Gasteiger partial charge in [0, 0.05) is 19.8 Å². The lowest BCUT2D eigenvalue weighted by molar-refractivity contribution is -0.152. The summed E-state index contributed by atoms with van der Waals surface area (Å²) in [6.07, 6.45) is 3.01. The molecule has 4 nitrogen and oxygen atoms in total. The molecule has 0 radical (unpaired) electrons. The van der Waals surface area contributed by atoms with Crippen LogP contribution in [0.1, 0.15) is 40.0 Å². The summed E-state index contributed by atoms with van der Waals surface area (Å²) in [5.74, 6) is -0.288. The zero-order valence-electron chi connectivity index (χ0n) is 10.7. The van der Waals surface area contributed by atoms with Gasteiger partial charge in [0.1, 0.15) is 6.61 Å². The summed E-state index contributed by atoms with van der Waals surface area (Å²) >= 11 is 0. The number of ether oxygens (including phenoxy) is 3. The van der Waals surface area contributed by atoms with Crippen molar-refractivity contribution in [3.8, 4) is 0 Å². The van der Waals surface area contributed by atoms with Crippen molar-refractivity contribution in [2.24, 2.45) is 0 Å². The molecule has 0 aromatic rings. The van der Waals surface area contributed by atoms with Crippen LogP contribution in [0.4, 0.5) is 0 Å². The molecule has 0 atom stereocenters. The highest BCUT2D eigenvalue weighted by molar-refractivity contribution is 5.70. The van der Waals surface area contributed by atoms with Crippen LogP contribution in [0.15, 0.2) is 0 Å². The van der Waals surface area contributed by atoms with Crippen molar-refractivity contribution in [2.75, 3.05) is 26.4 Å². The number of hydrogen-bond acceptors (Lipinski definition) is 4. The molecule has 0 aromatic heterocycles. The van der Waals surface area contributed by atoms with Crippen molar-refractivity contribution >= 4 is 5.97 Å².